The van der Waals surface area contributed by atoms with Gasteiger partial charge in [0.25, 0.3) is 0 Å². The van der Waals surface area contributed by atoms with Crippen molar-refractivity contribution < 1.29 is 14.3 Å². The summed E-state index contributed by atoms with van der Waals surface area (Å²) in [5.74, 6) is -1.12. The number of nitrogens with one attached hydrogen (secondary N) is 1. The third kappa shape index (κ3) is 4.97. The van der Waals surface area contributed by atoms with E-state index in [2.05, 4.69) is 17.5 Å². The van der Waals surface area contributed by atoms with E-state index < -0.39 is 17.8 Å². The molecule has 0 bridgehead atoms. The van der Waals surface area contributed by atoms with Gasteiger partial charge in [0, 0.05) is 46.0 Å². The number of Topliss-reactive ketones (excluding diaryl/α,β-unsaturated/α-hetero) is 1. The number of carbonyl (C=O) groups is 2. The smallest absolute Gasteiger partial charge is 0.336 e. The number of hydrogen-bond donors (Lipinski definition) is 1. The molecule has 1 N–H and O–H groups in total. The minimum absolute atomic E-state index is 0.0410. The van der Waals surface area contributed by atoms with E-state index >= 15 is 0 Å². The average molecular weight is 504 g/mol. The van der Waals surface area contributed by atoms with E-state index in [-0.39, 0.29) is 18.3 Å². The number of rotatable bonds is 6. The van der Waals surface area contributed by atoms with Crippen LogP contribution in [-0.4, -0.2) is 18.4 Å². The zero-order chi connectivity index (χ0) is 24.4. The molecule has 6 heteroatoms. The minimum atomic E-state index is -0.465. The fourth-order valence-electron chi connectivity index (χ4n) is 5.04. The zero-order valence-corrected chi connectivity index (χ0v) is 20.9. The number of allylic oxidation sites excluding steroid dienone is 3. The van der Waals surface area contributed by atoms with E-state index in [4.69, 9.17) is 16.3 Å². The first kappa shape index (κ1) is 23.6. The maximum atomic E-state index is 13.6. The standard InChI is InChI=1S/C29H26ClNO3S/c1-18-26(29(33)34-14-13-19-6-3-2-4-7-19)27(20-9-11-22(30)12-10-20)28-23(31-18)16-21(17-24(28)32)25-8-5-15-35-25/h2-12,15-16,21,27-28,31H,13-14,17H2,1H3. The van der Waals surface area contributed by atoms with E-state index in [0.717, 1.165) is 22.5 Å². The molecule has 1 aliphatic heterocycles. The highest BCUT2D eigenvalue weighted by molar-refractivity contribution is 7.10. The molecule has 1 aliphatic carbocycles. The number of halogens is 1. The molecular formula is C29H26ClNO3S. The number of esters is 1. The number of fused-ring (bicyclic) bond motifs is 1. The van der Waals surface area contributed by atoms with Crippen LogP contribution in [0.5, 0.6) is 0 Å². The van der Waals surface area contributed by atoms with Crippen LogP contribution >= 0.6 is 22.9 Å². The molecule has 3 atom stereocenters. The Morgan fingerprint density at radius 2 is 1.83 bits per heavy atom. The van der Waals surface area contributed by atoms with Gasteiger partial charge in [0.2, 0.25) is 0 Å². The summed E-state index contributed by atoms with van der Waals surface area (Å²) in [6, 6.07) is 21.4. The summed E-state index contributed by atoms with van der Waals surface area (Å²) in [5, 5.41) is 6.03. The lowest BCUT2D eigenvalue weighted by Gasteiger charge is -2.39. The fraction of sp³-hybridized carbons (Fsp3) is 0.241. The maximum Gasteiger partial charge on any atom is 0.336 e. The van der Waals surface area contributed by atoms with Gasteiger partial charge in [-0.05, 0) is 41.6 Å². The predicted octanol–water partition coefficient (Wildman–Crippen LogP) is 6.40. The highest BCUT2D eigenvalue weighted by atomic mass is 35.5. The molecule has 2 heterocycles. The van der Waals surface area contributed by atoms with E-state index in [1.54, 1.807) is 23.5 Å². The summed E-state index contributed by atoms with van der Waals surface area (Å²) in [6.07, 6.45) is 3.20. The Morgan fingerprint density at radius 1 is 1.06 bits per heavy atom. The van der Waals surface area contributed by atoms with Crippen molar-refractivity contribution in [2.45, 2.75) is 31.6 Å². The first-order chi connectivity index (χ1) is 17.0. The second-order valence-corrected chi connectivity index (χ2v) is 10.4. The zero-order valence-electron chi connectivity index (χ0n) is 19.4. The third-order valence-corrected chi connectivity index (χ3v) is 7.94. The Labute approximate surface area is 214 Å². The van der Waals surface area contributed by atoms with Crippen LogP contribution in [0.4, 0.5) is 0 Å². The van der Waals surface area contributed by atoms with Gasteiger partial charge in [0.1, 0.15) is 5.78 Å². The first-order valence-corrected chi connectivity index (χ1v) is 13.0. The first-order valence-electron chi connectivity index (χ1n) is 11.7. The Morgan fingerprint density at radius 3 is 2.54 bits per heavy atom. The van der Waals surface area contributed by atoms with Gasteiger partial charge in [0.05, 0.1) is 18.1 Å². The molecule has 2 aliphatic rings. The number of thiophene rings is 1. The van der Waals surface area contributed by atoms with Gasteiger partial charge in [-0.2, -0.15) is 0 Å². The van der Waals surface area contributed by atoms with Crippen molar-refractivity contribution in [2.75, 3.05) is 6.61 Å². The molecule has 5 rings (SSSR count). The lowest BCUT2D eigenvalue weighted by atomic mass is 9.69. The van der Waals surface area contributed by atoms with Gasteiger partial charge < -0.3 is 10.1 Å². The highest BCUT2D eigenvalue weighted by Crippen LogP contribution is 2.46. The van der Waals surface area contributed by atoms with Crippen LogP contribution in [0.1, 0.15) is 41.2 Å². The summed E-state index contributed by atoms with van der Waals surface area (Å²) < 4.78 is 5.73. The monoisotopic (exact) mass is 503 g/mol. The second-order valence-electron chi connectivity index (χ2n) is 8.96. The van der Waals surface area contributed by atoms with Gasteiger partial charge in [-0.25, -0.2) is 4.79 Å². The number of ether oxygens (including phenoxy) is 1. The summed E-state index contributed by atoms with van der Waals surface area (Å²) in [5.41, 5.74) is 4.07. The molecule has 3 unspecified atom stereocenters. The van der Waals surface area contributed by atoms with Crippen molar-refractivity contribution in [3.8, 4) is 0 Å². The Bertz CT molecular complexity index is 1280. The SMILES string of the molecule is CC1=C(C(=O)OCCc2ccccc2)C(c2ccc(Cl)cc2)C2C(=O)CC(c3cccs3)C=C2N1. The Kier molecular flexibility index (Phi) is 6.89. The number of ketones is 1. The van der Waals surface area contributed by atoms with Crippen molar-refractivity contribution in [3.63, 3.8) is 0 Å². The van der Waals surface area contributed by atoms with E-state index in [0.29, 0.717) is 23.4 Å². The molecule has 0 saturated carbocycles. The van der Waals surface area contributed by atoms with E-state index in [1.165, 1.54) is 4.88 Å². The number of benzene rings is 2. The lowest BCUT2D eigenvalue weighted by molar-refractivity contribution is -0.139. The minimum Gasteiger partial charge on any atom is -0.462 e. The third-order valence-electron chi connectivity index (χ3n) is 6.69. The molecule has 178 valence electrons. The van der Waals surface area contributed by atoms with E-state index in [1.807, 2.05) is 60.8 Å². The van der Waals surface area contributed by atoms with Crippen molar-refractivity contribution in [2.24, 2.45) is 5.92 Å². The normalized spacial score (nSPS) is 21.7. The van der Waals surface area contributed by atoms with Gasteiger partial charge in [-0.3, -0.25) is 4.79 Å². The van der Waals surface area contributed by atoms with Crippen LogP contribution in [0.3, 0.4) is 0 Å². The summed E-state index contributed by atoms with van der Waals surface area (Å²) >= 11 is 7.81. The van der Waals surface area contributed by atoms with Gasteiger partial charge in [-0.1, -0.05) is 66.2 Å². The van der Waals surface area contributed by atoms with Crippen molar-refractivity contribution in [1.82, 2.24) is 5.32 Å². The molecule has 0 spiro atoms. The molecular weight excluding hydrogens is 478 g/mol. The van der Waals surface area contributed by atoms with Crippen LogP contribution < -0.4 is 5.32 Å². The molecule has 0 fully saturated rings. The quantitative estimate of drug-likeness (QED) is 0.395. The fourth-order valence-corrected chi connectivity index (χ4v) is 5.97. The van der Waals surface area contributed by atoms with Crippen LogP contribution in [-0.2, 0) is 20.7 Å². The van der Waals surface area contributed by atoms with Crippen LogP contribution in [0.2, 0.25) is 5.02 Å². The topological polar surface area (TPSA) is 55.4 Å². The van der Waals surface area contributed by atoms with E-state index in [9.17, 15) is 9.59 Å². The van der Waals surface area contributed by atoms with Crippen molar-refractivity contribution in [1.29, 1.82) is 0 Å². The molecule has 3 aromatic rings. The summed E-state index contributed by atoms with van der Waals surface area (Å²) in [6.45, 7) is 2.15. The predicted molar refractivity (Wildman–Crippen MR) is 139 cm³/mol. The summed E-state index contributed by atoms with van der Waals surface area (Å²) in [7, 11) is 0. The molecule has 0 amide bonds. The van der Waals surface area contributed by atoms with Crippen LogP contribution in [0.25, 0.3) is 0 Å². The number of carbonyl (C=O) groups excluding carboxylic acids is 2. The van der Waals surface area contributed by atoms with Crippen LogP contribution in [0, 0.1) is 5.92 Å². The van der Waals surface area contributed by atoms with Crippen molar-refractivity contribution >= 4 is 34.7 Å². The largest absolute Gasteiger partial charge is 0.462 e. The molecule has 2 aromatic carbocycles. The Hall–Kier alpha value is -3.15. The molecule has 0 radical (unpaired) electrons. The second kappa shape index (κ2) is 10.2. The number of hydrogen-bond acceptors (Lipinski definition) is 5. The molecule has 4 nitrogen and oxygen atoms in total. The molecule has 1 aromatic heterocycles. The van der Waals surface area contributed by atoms with Gasteiger partial charge >= 0.3 is 5.97 Å². The average Bonchev–Trinajstić information content (AvgIpc) is 3.39. The van der Waals surface area contributed by atoms with Crippen LogP contribution in [0.15, 0.2) is 95.2 Å². The highest BCUT2D eigenvalue weighted by Gasteiger charge is 2.45. The van der Waals surface area contributed by atoms with Crippen molar-refractivity contribution in [3.05, 3.63) is 116 Å². The summed E-state index contributed by atoms with van der Waals surface area (Å²) in [4.78, 5) is 28.2. The Balaban J connectivity index is 1.48. The van der Waals surface area contributed by atoms with Gasteiger partial charge in [-0.15, -0.1) is 11.3 Å². The molecule has 35 heavy (non-hydrogen) atoms. The van der Waals surface area contributed by atoms with Gasteiger partial charge in [0.15, 0.2) is 0 Å². The maximum absolute atomic E-state index is 13.6. The molecule has 0 saturated heterocycles. The lowest BCUT2D eigenvalue weighted by Crippen LogP contribution is -2.42.